The zero-order valence-electron chi connectivity index (χ0n) is 13.4. The van der Waals surface area contributed by atoms with E-state index in [1.807, 2.05) is 31.0 Å². The highest BCUT2D eigenvalue weighted by Gasteiger charge is 2.06. The summed E-state index contributed by atoms with van der Waals surface area (Å²) < 4.78 is 1.90. The lowest BCUT2D eigenvalue weighted by Crippen LogP contribution is -2.39. The van der Waals surface area contributed by atoms with Gasteiger partial charge in [-0.1, -0.05) is 29.8 Å². The van der Waals surface area contributed by atoms with Crippen molar-refractivity contribution in [2.24, 2.45) is 4.99 Å². The van der Waals surface area contributed by atoms with Crippen molar-refractivity contribution in [2.45, 2.75) is 20.0 Å². The summed E-state index contributed by atoms with van der Waals surface area (Å²) in [5.41, 5.74) is 2.56. The van der Waals surface area contributed by atoms with Crippen molar-refractivity contribution in [1.82, 2.24) is 20.0 Å². The van der Waals surface area contributed by atoms with E-state index in [-0.39, 0.29) is 24.0 Å². The topological polar surface area (TPSA) is 45.5 Å². The SMILES string of the molecule is CN=C(NCCn1cccn1)N(C)Cc1ccc(C)cc1.I. The minimum Gasteiger partial charge on any atom is -0.354 e. The molecule has 0 saturated carbocycles. The number of guanidine groups is 1. The molecule has 0 fully saturated rings. The molecule has 0 aliphatic carbocycles. The highest BCUT2D eigenvalue weighted by Crippen LogP contribution is 2.05. The summed E-state index contributed by atoms with van der Waals surface area (Å²) in [6, 6.07) is 10.5. The molecule has 1 aromatic carbocycles. The first-order valence-corrected chi connectivity index (χ1v) is 7.14. The van der Waals surface area contributed by atoms with Gasteiger partial charge >= 0.3 is 0 Å². The van der Waals surface area contributed by atoms with Crippen LogP contribution in [0.1, 0.15) is 11.1 Å². The maximum absolute atomic E-state index is 4.32. The van der Waals surface area contributed by atoms with Gasteiger partial charge in [-0.25, -0.2) is 0 Å². The van der Waals surface area contributed by atoms with E-state index in [9.17, 15) is 0 Å². The number of nitrogens with zero attached hydrogens (tertiary/aromatic N) is 4. The van der Waals surface area contributed by atoms with Gasteiger partial charge in [0.15, 0.2) is 5.96 Å². The predicted molar refractivity (Wildman–Crippen MR) is 102 cm³/mol. The Bertz CT molecular complexity index is 563. The van der Waals surface area contributed by atoms with Crippen molar-refractivity contribution in [3.8, 4) is 0 Å². The van der Waals surface area contributed by atoms with E-state index in [0.717, 1.165) is 25.6 Å². The van der Waals surface area contributed by atoms with Crippen molar-refractivity contribution in [1.29, 1.82) is 0 Å². The number of aliphatic imine (C=N–C) groups is 1. The van der Waals surface area contributed by atoms with E-state index in [2.05, 4.69) is 51.5 Å². The van der Waals surface area contributed by atoms with Crippen molar-refractivity contribution in [3.63, 3.8) is 0 Å². The Morgan fingerprint density at radius 1 is 1.32 bits per heavy atom. The van der Waals surface area contributed by atoms with Crippen LogP contribution in [-0.2, 0) is 13.1 Å². The summed E-state index contributed by atoms with van der Waals surface area (Å²) in [4.78, 5) is 6.44. The molecule has 1 heterocycles. The van der Waals surface area contributed by atoms with Gasteiger partial charge in [0.2, 0.25) is 0 Å². The molecule has 0 amide bonds. The molecule has 0 bridgehead atoms. The van der Waals surface area contributed by atoms with Gasteiger partial charge < -0.3 is 10.2 Å². The van der Waals surface area contributed by atoms with Crippen LogP contribution in [0.5, 0.6) is 0 Å². The lowest BCUT2D eigenvalue weighted by Gasteiger charge is -2.22. The Morgan fingerprint density at radius 3 is 2.64 bits per heavy atom. The lowest BCUT2D eigenvalue weighted by molar-refractivity contribution is 0.470. The van der Waals surface area contributed by atoms with Crippen LogP contribution in [0.25, 0.3) is 0 Å². The maximum Gasteiger partial charge on any atom is 0.193 e. The van der Waals surface area contributed by atoms with Crippen molar-refractivity contribution in [3.05, 3.63) is 53.9 Å². The standard InChI is InChI=1S/C16H23N5.HI/c1-14-5-7-15(8-6-14)13-20(3)16(17-2)18-10-12-21-11-4-9-19-21;/h4-9,11H,10,12-13H2,1-3H3,(H,17,18);1H. The molecule has 5 nitrogen and oxygen atoms in total. The number of aromatic nitrogens is 2. The Morgan fingerprint density at radius 2 is 2.05 bits per heavy atom. The molecule has 6 heteroatoms. The molecule has 0 radical (unpaired) electrons. The quantitative estimate of drug-likeness (QED) is 0.466. The molecule has 1 aromatic heterocycles. The minimum absolute atomic E-state index is 0. The number of benzene rings is 1. The monoisotopic (exact) mass is 413 g/mol. The number of aryl methyl sites for hydroxylation is 1. The first-order valence-electron chi connectivity index (χ1n) is 7.14. The van der Waals surface area contributed by atoms with Crippen LogP contribution < -0.4 is 5.32 Å². The lowest BCUT2D eigenvalue weighted by atomic mass is 10.1. The molecule has 1 N–H and O–H groups in total. The fraction of sp³-hybridized carbons (Fsp3) is 0.375. The molecule has 0 spiro atoms. The molecule has 120 valence electrons. The van der Waals surface area contributed by atoms with Crippen LogP contribution in [0, 0.1) is 6.92 Å². The Labute approximate surface area is 149 Å². The summed E-state index contributed by atoms with van der Waals surface area (Å²) >= 11 is 0. The third-order valence-electron chi connectivity index (χ3n) is 3.30. The predicted octanol–water partition coefficient (Wildman–Crippen LogP) is 2.52. The Hall–Kier alpha value is -1.57. The van der Waals surface area contributed by atoms with E-state index >= 15 is 0 Å². The van der Waals surface area contributed by atoms with Crippen LogP contribution in [-0.4, -0.2) is 41.3 Å². The van der Waals surface area contributed by atoms with Gasteiger partial charge in [-0.3, -0.25) is 9.67 Å². The van der Waals surface area contributed by atoms with Gasteiger partial charge in [0.25, 0.3) is 0 Å². The van der Waals surface area contributed by atoms with Gasteiger partial charge in [0, 0.05) is 39.6 Å². The fourth-order valence-corrected chi connectivity index (χ4v) is 2.14. The summed E-state index contributed by atoms with van der Waals surface area (Å²) in [5, 5.41) is 7.54. The molecule has 0 atom stereocenters. The third kappa shape index (κ3) is 5.67. The normalized spacial score (nSPS) is 11.0. The highest BCUT2D eigenvalue weighted by molar-refractivity contribution is 14.0. The van der Waals surface area contributed by atoms with Gasteiger partial charge in [-0.15, -0.1) is 24.0 Å². The first-order chi connectivity index (χ1) is 10.2. The molecule has 0 unspecified atom stereocenters. The Balaban J connectivity index is 0.00000242. The van der Waals surface area contributed by atoms with Gasteiger partial charge in [-0.05, 0) is 18.6 Å². The first kappa shape index (κ1) is 18.5. The van der Waals surface area contributed by atoms with Crippen LogP contribution in [0.4, 0.5) is 0 Å². The third-order valence-corrected chi connectivity index (χ3v) is 3.30. The van der Waals surface area contributed by atoms with Gasteiger partial charge in [-0.2, -0.15) is 5.10 Å². The molecule has 0 aliphatic rings. The second-order valence-electron chi connectivity index (χ2n) is 5.08. The number of rotatable bonds is 5. The molecule has 2 rings (SSSR count). The smallest absolute Gasteiger partial charge is 0.193 e. The van der Waals surface area contributed by atoms with Crippen molar-refractivity contribution < 1.29 is 0 Å². The van der Waals surface area contributed by atoms with E-state index in [1.54, 1.807) is 6.20 Å². The molecular weight excluding hydrogens is 389 g/mol. The number of hydrogen-bond acceptors (Lipinski definition) is 2. The number of hydrogen-bond donors (Lipinski definition) is 1. The molecule has 0 aliphatic heterocycles. The van der Waals surface area contributed by atoms with E-state index < -0.39 is 0 Å². The maximum atomic E-state index is 4.32. The molecular formula is C16H24IN5. The van der Waals surface area contributed by atoms with Crippen molar-refractivity contribution in [2.75, 3.05) is 20.6 Å². The van der Waals surface area contributed by atoms with Crippen LogP contribution in [0.2, 0.25) is 0 Å². The zero-order valence-corrected chi connectivity index (χ0v) is 15.7. The molecule has 0 saturated heterocycles. The van der Waals surface area contributed by atoms with Crippen LogP contribution in [0.15, 0.2) is 47.7 Å². The van der Waals surface area contributed by atoms with Crippen molar-refractivity contribution >= 4 is 29.9 Å². The summed E-state index contributed by atoms with van der Waals surface area (Å²) in [6.07, 6.45) is 3.75. The number of nitrogens with one attached hydrogen (secondary N) is 1. The second-order valence-corrected chi connectivity index (χ2v) is 5.08. The summed E-state index contributed by atoms with van der Waals surface area (Å²) in [5.74, 6) is 0.891. The van der Waals surface area contributed by atoms with Gasteiger partial charge in [0.05, 0.1) is 6.54 Å². The molecule has 22 heavy (non-hydrogen) atoms. The Kier molecular flexibility index (Phi) is 7.94. The fourth-order valence-electron chi connectivity index (χ4n) is 2.14. The minimum atomic E-state index is 0. The zero-order chi connectivity index (χ0) is 15.1. The summed E-state index contributed by atoms with van der Waals surface area (Å²) in [7, 11) is 3.85. The van der Waals surface area contributed by atoms with E-state index in [0.29, 0.717) is 0 Å². The largest absolute Gasteiger partial charge is 0.354 e. The number of halogens is 1. The van der Waals surface area contributed by atoms with Crippen LogP contribution >= 0.6 is 24.0 Å². The summed E-state index contributed by atoms with van der Waals surface area (Å²) in [6.45, 7) is 4.56. The average Bonchev–Trinajstić information content (AvgIpc) is 2.99. The van der Waals surface area contributed by atoms with E-state index in [4.69, 9.17) is 0 Å². The highest BCUT2D eigenvalue weighted by atomic mass is 127. The van der Waals surface area contributed by atoms with E-state index in [1.165, 1.54) is 11.1 Å². The average molecular weight is 413 g/mol. The second kappa shape index (κ2) is 9.45. The molecule has 2 aromatic rings. The van der Waals surface area contributed by atoms with Crippen LogP contribution in [0.3, 0.4) is 0 Å². The van der Waals surface area contributed by atoms with Gasteiger partial charge in [0.1, 0.15) is 0 Å².